The maximum absolute atomic E-state index is 11.9. The van der Waals surface area contributed by atoms with Crippen LogP contribution in [0.1, 0.15) is 34.1 Å². The number of esters is 1. The third kappa shape index (κ3) is 7.52. The number of amides is 1. The van der Waals surface area contributed by atoms with Gasteiger partial charge in [-0.15, -0.1) is 0 Å². The largest absolute Gasteiger partial charge is 0.459 e. The maximum Gasteiger partial charge on any atom is 0.303 e. The minimum absolute atomic E-state index is 0.225. The zero-order chi connectivity index (χ0) is 18.1. The van der Waals surface area contributed by atoms with Gasteiger partial charge in [-0.05, 0) is 32.4 Å². The molecular formula is C17H25NO6. The Morgan fingerprint density at radius 1 is 1.38 bits per heavy atom. The van der Waals surface area contributed by atoms with Crippen molar-refractivity contribution in [3.8, 4) is 0 Å². The fourth-order valence-corrected chi connectivity index (χ4v) is 2.09. The van der Waals surface area contributed by atoms with E-state index in [1.807, 2.05) is 6.92 Å². The highest BCUT2D eigenvalue weighted by atomic mass is 16.7. The first-order valence-corrected chi connectivity index (χ1v) is 7.86. The van der Waals surface area contributed by atoms with Crippen LogP contribution >= 0.6 is 0 Å². The Kier molecular flexibility index (Phi) is 8.35. The summed E-state index contributed by atoms with van der Waals surface area (Å²) >= 11 is 0. The number of allylic oxidation sites excluding steroid dienone is 1. The lowest BCUT2D eigenvalue weighted by Gasteiger charge is -2.34. The molecular weight excluding hydrogens is 314 g/mol. The van der Waals surface area contributed by atoms with Gasteiger partial charge in [0.1, 0.15) is 12.4 Å². The van der Waals surface area contributed by atoms with Crippen LogP contribution in [0.5, 0.6) is 0 Å². The van der Waals surface area contributed by atoms with Gasteiger partial charge in [-0.2, -0.15) is 0 Å². The number of rotatable bonds is 7. The number of hydrogen-bond acceptors (Lipinski definition) is 6. The van der Waals surface area contributed by atoms with Crippen molar-refractivity contribution in [3.05, 3.63) is 23.8 Å². The second-order valence-electron chi connectivity index (χ2n) is 5.69. The van der Waals surface area contributed by atoms with Crippen molar-refractivity contribution >= 4 is 18.2 Å². The van der Waals surface area contributed by atoms with Crippen molar-refractivity contribution in [2.45, 2.75) is 58.7 Å². The number of hydrogen-bond donors (Lipinski definition) is 1. The molecule has 7 heteroatoms. The smallest absolute Gasteiger partial charge is 0.303 e. The Bertz CT molecular complexity index is 513. The van der Waals surface area contributed by atoms with E-state index >= 15 is 0 Å². The Morgan fingerprint density at radius 2 is 2.08 bits per heavy atom. The van der Waals surface area contributed by atoms with E-state index in [9.17, 15) is 14.4 Å². The molecule has 0 radical (unpaired) electrons. The lowest BCUT2D eigenvalue weighted by molar-refractivity contribution is -0.217. The molecule has 0 aromatic heterocycles. The standard InChI is InChI=1S/C17H25NO6/c1-11(9-19)5-8-17-22-10-15(13(3)24-17)18-16(21)7-6-12(2)23-14(4)20/h5-7,9,12-13,15,17H,8,10H2,1-4H3,(H,18,21)/b7-6-,11-5+/t12-,13+,15+,17-/m0/s1. The highest BCUT2D eigenvalue weighted by Gasteiger charge is 2.29. The molecule has 4 atom stereocenters. The SMILES string of the molecule is CC(=O)O[C@@H](C)/C=C\C(=O)N[C@@H]1CO[C@H](C/C=C(\C)C=O)O[C@@H]1C. The van der Waals surface area contributed by atoms with Gasteiger partial charge in [0.25, 0.3) is 0 Å². The van der Waals surface area contributed by atoms with E-state index in [4.69, 9.17) is 14.2 Å². The Hall–Kier alpha value is -1.99. The van der Waals surface area contributed by atoms with Crippen LogP contribution in [0, 0.1) is 0 Å². The van der Waals surface area contributed by atoms with Crippen LogP contribution in [-0.2, 0) is 28.6 Å². The summed E-state index contributed by atoms with van der Waals surface area (Å²) in [6.45, 7) is 6.86. The van der Waals surface area contributed by atoms with Crippen LogP contribution in [0.25, 0.3) is 0 Å². The minimum Gasteiger partial charge on any atom is -0.459 e. The summed E-state index contributed by atoms with van der Waals surface area (Å²) < 4.78 is 16.1. The van der Waals surface area contributed by atoms with Gasteiger partial charge in [0, 0.05) is 19.4 Å². The van der Waals surface area contributed by atoms with Crippen LogP contribution < -0.4 is 5.32 Å². The number of carbonyl (C=O) groups is 3. The average molecular weight is 339 g/mol. The summed E-state index contributed by atoms with van der Waals surface area (Å²) in [7, 11) is 0. The lowest BCUT2D eigenvalue weighted by atomic mass is 10.1. The molecule has 1 heterocycles. The molecule has 1 aliphatic heterocycles. The topological polar surface area (TPSA) is 90.9 Å². The molecule has 1 aliphatic rings. The zero-order valence-electron chi connectivity index (χ0n) is 14.5. The van der Waals surface area contributed by atoms with E-state index in [1.165, 1.54) is 19.1 Å². The van der Waals surface area contributed by atoms with Crippen molar-refractivity contribution in [3.63, 3.8) is 0 Å². The number of nitrogens with one attached hydrogen (secondary N) is 1. The summed E-state index contributed by atoms with van der Waals surface area (Å²) in [6.07, 6.45) is 4.71. The molecule has 1 amide bonds. The van der Waals surface area contributed by atoms with E-state index < -0.39 is 18.4 Å². The second-order valence-corrected chi connectivity index (χ2v) is 5.69. The van der Waals surface area contributed by atoms with Crippen LogP contribution in [-0.4, -0.2) is 49.3 Å². The molecule has 0 bridgehead atoms. The first-order valence-electron chi connectivity index (χ1n) is 7.86. The van der Waals surface area contributed by atoms with E-state index in [-0.39, 0.29) is 18.1 Å². The molecule has 0 unspecified atom stereocenters. The molecule has 7 nitrogen and oxygen atoms in total. The molecule has 1 saturated heterocycles. The van der Waals surface area contributed by atoms with E-state index in [2.05, 4.69) is 5.32 Å². The van der Waals surface area contributed by atoms with Gasteiger partial charge in [-0.25, -0.2) is 0 Å². The molecule has 0 aromatic carbocycles. The van der Waals surface area contributed by atoms with Crippen molar-refractivity contribution in [2.24, 2.45) is 0 Å². The maximum atomic E-state index is 11.9. The highest BCUT2D eigenvalue weighted by Crippen LogP contribution is 2.16. The summed E-state index contributed by atoms with van der Waals surface area (Å²) in [4.78, 5) is 33.2. The minimum atomic E-state index is -0.471. The summed E-state index contributed by atoms with van der Waals surface area (Å²) in [6, 6.07) is -0.279. The van der Waals surface area contributed by atoms with Gasteiger partial charge in [0.2, 0.25) is 5.91 Å². The summed E-state index contributed by atoms with van der Waals surface area (Å²) in [5.41, 5.74) is 0.623. The van der Waals surface area contributed by atoms with Gasteiger partial charge >= 0.3 is 5.97 Å². The Labute approximate surface area is 142 Å². The molecule has 1 N–H and O–H groups in total. The van der Waals surface area contributed by atoms with E-state index in [0.29, 0.717) is 18.6 Å². The van der Waals surface area contributed by atoms with Gasteiger partial charge in [0.05, 0.1) is 18.8 Å². The van der Waals surface area contributed by atoms with Gasteiger partial charge in [-0.3, -0.25) is 14.4 Å². The van der Waals surface area contributed by atoms with Crippen molar-refractivity contribution in [1.82, 2.24) is 5.32 Å². The number of carbonyl (C=O) groups excluding carboxylic acids is 3. The monoisotopic (exact) mass is 339 g/mol. The Morgan fingerprint density at radius 3 is 2.67 bits per heavy atom. The van der Waals surface area contributed by atoms with Gasteiger partial charge in [-0.1, -0.05) is 6.08 Å². The quantitative estimate of drug-likeness (QED) is 0.427. The van der Waals surface area contributed by atoms with Crippen molar-refractivity contribution in [2.75, 3.05) is 6.61 Å². The van der Waals surface area contributed by atoms with Gasteiger partial charge in [0.15, 0.2) is 6.29 Å². The predicted octanol–water partition coefficient (Wildman–Crippen LogP) is 1.28. The molecule has 1 fully saturated rings. The third-order valence-corrected chi connectivity index (χ3v) is 3.41. The molecule has 0 spiro atoms. The molecule has 24 heavy (non-hydrogen) atoms. The summed E-state index contributed by atoms with van der Waals surface area (Å²) in [5.74, 6) is -0.714. The number of ether oxygens (including phenoxy) is 3. The van der Waals surface area contributed by atoms with Crippen LogP contribution in [0.4, 0.5) is 0 Å². The number of aldehydes is 1. The molecule has 1 rings (SSSR count). The lowest BCUT2D eigenvalue weighted by Crippen LogP contribution is -2.51. The van der Waals surface area contributed by atoms with E-state index in [1.54, 1.807) is 19.9 Å². The molecule has 0 aromatic rings. The average Bonchev–Trinajstić information content (AvgIpc) is 2.52. The predicted molar refractivity (Wildman–Crippen MR) is 87.0 cm³/mol. The molecule has 0 aliphatic carbocycles. The first-order chi connectivity index (χ1) is 11.3. The highest BCUT2D eigenvalue weighted by molar-refractivity contribution is 5.87. The fourth-order valence-electron chi connectivity index (χ4n) is 2.09. The molecule has 134 valence electrons. The normalized spacial score (nSPS) is 26.0. The molecule has 0 saturated carbocycles. The Balaban J connectivity index is 2.42. The van der Waals surface area contributed by atoms with Crippen molar-refractivity contribution in [1.29, 1.82) is 0 Å². The second kappa shape index (κ2) is 10.00. The van der Waals surface area contributed by atoms with Gasteiger partial charge < -0.3 is 19.5 Å². The zero-order valence-corrected chi connectivity index (χ0v) is 14.5. The first kappa shape index (κ1) is 20.1. The van der Waals surface area contributed by atoms with Crippen LogP contribution in [0.2, 0.25) is 0 Å². The van der Waals surface area contributed by atoms with Crippen molar-refractivity contribution < 1.29 is 28.6 Å². The van der Waals surface area contributed by atoms with Crippen LogP contribution in [0.3, 0.4) is 0 Å². The summed E-state index contributed by atoms with van der Waals surface area (Å²) in [5, 5.41) is 2.79. The third-order valence-electron chi connectivity index (χ3n) is 3.41. The van der Waals surface area contributed by atoms with E-state index in [0.717, 1.165) is 6.29 Å². The van der Waals surface area contributed by atoms with Crippen LogP contribution in [0.15, 0.2) is 23.8 Å². The fraction of sp³-hybridized carbons (Fsp3) is 0.588.